The van der Waals surface area contributed by atoms with E-state index in [1.54, 1.807) is 16.7 Å². The molecule has 0 bridgehead atoms. The quantitative estimate of drug-likeness (QED) is 0.838. The van der Waals surface area contributed by atoms with E-state index in [4.69, 9.17) is 10.5 Å². The van der Waals surface area contributed by atoms with Crippen LogP contribution in [0.5, 0.6) is 5.88 Å². The van der Waals surface area contributed by atoms with Crippen molar-refractivity contribution in [3.05, 3.63) is 48.3 Å². The maximum atomic E-state index is 12.1. The number of ketones is 1. The minimum atomic E-state index is -0.232. The summed E-state index contributed by atoms with van der Waals surface area (Å²) in [7, 11) is 3.94. The van der Waals surface area contributed by atoms with Gasteiger partial charge in [0.2, 0.25) is 5.78 Å². The Bertz CT molecular complexity index is 861. The molecule has 0 radical (unpaired) electrons. The molecule has 2 aromatic rings. The number of aromatic nitrogens is 2. The minimum absolute atomic E-state index is 0.232. The molecule has 24 heavy (non-hydrogen) atoms. The third-order valence-corrected chi connectivity index (χ3v) is 3.48. The highest BCUT2D eigenvalue weighted by Gasteiger charge is 2.17. The molecule has 3 rings (SSSR count). The second kappa shape index (κ2) is 6.67. The fourth-order valence-corrected chi connectivity index (χ4v) is 2.23. The van der Waals surface area contributed by atoms with Crippen molar-refractivity contribution in [2.75, 3.05) is 27.2 Å². The smallest absolute Gasteiger partial charge is 0.260 e. The van der Waals surface area contributed by atoms with E-state index in [9.17, 15) is 4.79 Å². The highest BCUT2D eigenvalue weighted by Crippen LogP contribution is 2.32. The number of rotatable bonds is 5. The van der Waals surface area contributed by atoms with Gasteiger partial charge >= 0.3 is 0 Å². The normalized spacial score (nSPS) is 16.2. The molecule has 1 aliphatic rings. The highest BCUT2D eigenvalue weighted by molar-refractivity contribution is 6.49. The van der Waals surface area contributed by atoms with Gasteiger partial charge in [0.1, 0.15) is 12.3 Å². The molecule has 0 aromatic carbocycles. The van der Waals surface area contributed by atoms with Gasteiger partial charge in [0, 0.05) is 24.5 Å². The average Bonchev–Trinajstić information content (AvgIpc) is 2.87. The number of pyridine rings is 1. The van der Waals surface area contributed by atoms with E-state index in [1.807, 2.05) is 43.4 Å². The maximum absolute atomic E-state index is 12.1. The van der Waals surface area contributed by atoms with Gasteiger partial charge in [-0.1, -0.05) is 6.07 Å². The van der Waals surface area contributed by atoms with Crippen LogP contribution in [0.15, 0.2) is 53.3 Å². The van der Waals surface area contributed by atoms with Crippen molar-refractivity contribution in [3.8, 4) is 5.88 Å². The summed E-state index contributed by atoms with van der Waals surface area (Å²) in [6.45, 7) is 1.23. The summed E-state index contributed by atoms with van der Waals surface area (Å²) in [4.78, 5) is 18.6. The van der Waals surface area contributed by atoms with Crippen molar-refractivity contribution in [2.45, 2.75) is 0 Å². The van der Waals surface area contributed by atoms with Crippen LogP contribution in [0.3, 0.4) is 0 Å². The van der Waals surface area contributed by atoms with Gasteiger partial charge < -0.3 is 15.4 Å². The second-order valence-corrected chi connectivity index (χ2v) is 5.67. The van der Waals surface area contributed by atoms with Crippen LogP contribution >= 0.6 is 0 Å². The van der Waals surface area contributed by atoms with Gasteiger partial charge in [0.25, 0.3) is 5.88 Å². The summed E-state index contributed by atoms with van der Waals surface area (Å²) < 4.78 is 7.46. The minimum Gasteiger partial charge on any atom is -0.474 e. The average molecular weight is 325 g/mol. The van der Waals surface area contributed by atoms with Crippen LogP contribution in [0.1, 0.15) is 0 Å². The lowest BCUT2D eigenvalue weighted by atomic mass is 10.1. The molecule has 0 aliphatic heterocycles. The van der Waals surface area contributed by atoms with Crippen LogP contribution in [0.25, 0.3) is 5.52 Å². The number of aliphatic imine (C=N–C) groups is 1. The van der Waals surface area contributed by atoms with Crippen molar-refractivity contribution >= 4 is 22.7 Å². The van der Waals surface area contributed by atoms with Crippen LogP contribution in [0.2, 0.25) is 0 Å². The molecule has 0 unspecified atom stereocenters. The van der Waals surface area contributed by atoms with Gasteiger partial charge in [-0.2, -0.15) is 0 Å². The van der Waals surface area contributed by atoms with Crippen LogP contribution in [0.4, 0.5) is 5.69 Å². The zero-order valence-corrected chi connectivity index (χ0v) is 13.6. The second-order valence-electron chi connectivity index (χ2n) is 5.67. The number of allylic oxidation sites excluding steroid dienone is 3. The predicted octanol–water partition coefficient (Wildman–Crippen LogP) is 1.33. The Labute approximate surface area is 139 Å². The summed E-state index contributed by atoms with van der Waals surface area (Å²) >= 11 is 0. The number of nitrogens with zero attached hydrogens (tertiary/aromatic N) is 4. The Kier molecular flexibility index (Phi) is 4.43. The van der Waals surface area contributed by atoms with Crippen LogP contribution in [0, 0.1) is 0 Å². The molecule has 0 saturated heterocycles. The van der Waals surface area contributed by atoms with Crippen molar-refractivity contribution < 1.29 is 9.53 Å². The molecule has 7 heteroatoms. The summed E-state index contributed by atoms with van der Waals surface area (Å²) in [6.07, 6.45) is 6.43. The Hall–Kier alpha value is -2.93. The Balaban J connectivity index is 1.99. The lowest BCUT2D eigenvalue weighted by Gasteiger charge is -2.09. The third-order valence-electron chi connectivity index (χ3n) is 3.48. The van der Waals surface area contributed by atoms with Gasteiger partial charge in [-0.3, -0.25) is 4.79 Å². The molecule has 2 N–H and O–H groups in total. The van der Waals surface area contributed by atoms with E-state index in [2.05, 4.69) is 10.1 Å². The molecule has 124 valence electrons. The van der Waals surface area contributed by atoms with Gasteiger partial charge in [0.05, 0.1) is 5.52 Å². The number of hydrogen-bond donors (Lipinski definition) is 1. The predicted molar refractivity (Wildman–Crippen MR) is 92.8 cm³/mol. The molecule has 0 atom stereocenters. The number of carbonyl (C=O) groups is 1. The summed E-state index contributed by atoms with van der Waals surface area (Å²) in [5, 5.41) is 4.41. The van der Waals surface area contributed by atoms with Crippen LogP contribution < -0.4 is 10.5 Å². The van der Waals surface area contributed by atoms with E-state index in [0.717, 1.165) is 12.1 Å². The lowest BCUT2D eigenvalue weighted by Crippen LogP contribution is -2.19. The van der Waals surface area contributed by atoms with E-state index in [0.29, 0.717) is 29.6 Å². The summed E-state index contributed by atoms with van der Waals surface area (Å²) in [5.41, 5.74) is 7.66. The SMILES string of the molecule is CN(C)CCOc1nn2ccccc2c1N=C1C=CC(N)=CC1=O. The molecule has 0 saturated carbocycles. The molecule has 0 spiro atoms. The van der Waals surface area contributed by atoms with Crippen LogP contribution in [-0.4, -0.2) is 53.3 Å². The van der Waals surface area contributed by atoms with Crippen molar-refractivity contribution in [1.29, 1.82) is 0 Å². The fraction of sp³-hybridized carbons (Fsp3) is 0.235. The number of carbonyl (C=O) groups excluding carboxylic acids is 1. The first kappa shape index (κ1) is 15.9. The highest BCUT2D eigenvalue weighted by atomic mass is 16.5. The first-order chi connectivity index (χ1) is 11.5. The summed E-state index contributed by atoms with van der Waals surface area (Å²) in [6, 6.07) is 5.64. The monoisotopic (exact) mass is 325 g/mol. The van der Waals surface area contributed by atoms with Crippen molar-refractivity contribution in [2.24, 2.45) is 10.7 Å². The van der Waals surface area contributed by atoms with Gasteiger partial charge in [-0.15, -0.1) is 5.10 Å². The Morgan fingerprint density at radius 3 is 2.92 bits per heavy atom. The molecule has 2 aromatic heterocycles. The molecule has 0 fully saturated rings. The molecule has 2 heterocycles. The van der Waals surface area contributed by atoms with Gasteiger partial charge in [-0.25, -0.2) is 9.51 Å². The molecular weight excluding hydrogens is 306 g/mol. The maximum Gasteiger partial charge on any atom is 0.260 e. The summed E-state index contributed by atoms with van der Waals surface area (Å²) in [5.74, 6) is 0.170. The zero-order chi connectivity index (χ0) is 17.1. The van der Waals surface area contributed by atoms with E-state index >= 15 is 0 Å². The molecule has 0 amide bonds. The lowest BCUT2D eigenvalue weighted by molar-refractivity contribution is -0.108. The van der Waals surface area contributed by atoms with Gasteiger partial charge in [-0.05, 0) is 38.4 Å². The van der Waals surface area contributed by atoms with Crippen molar-refractivity contribution in [1.82, 2.24) is 14.5 Å². The fourth-order valence-electron chi connectivity index (χ4n) is 2.23. The number of hydrogen-bond acceptors (Lipinski definition) is 6. The van der Waals surface area contributed by atoms with E-state index in [1.165, 1.54) is 6.08 Å². The molecule has 7 nitrogen and oxygen atoms in total. The van der Waals surface area contributed by atoms with Crippen molar-refractivity contribution in [3.63, 3.8) is 0 Å². The van der Waals surface area contributed by atoms with E-state index < -0.39 is 0 Å². The first-order valence-electron chi connectivity index (χ1n) is 7.58. The topological polar surface area (TPSA) is 85.2 Å². The van der Waals surface area contributed by atoms with Gasteiger partial charge in [0.15, 0.2) is 5.69 Å². The Morgan fingerprint density at radius 2 is 2.17 bits per heavy atom. The first-order valence-corrected chi connectivity index (χ1v) is 7.58. The number of ether oxygens (including phenoxy) is 1. The molecular formula is C17H19N5O2. The number of nitrogens with two attached hydrogens (primary N) is 1. The number of fused-ring (bicyclic) bond motifs is 1. The largest absolute Gasteiger partial charge is 0.474 e. The zero-order valence-electron chi connectivity index (χ0n) is 13.6. The Morgan fingerprint density at radius 1 is 1.33 bits per heavy atom. The van der Waals surface area contributed by atoms with E-state index in [-0.39, 0.29) is 5.78 Å². The third kappa shape index (κ3) is 3.36. The molecule has 1 aliphatic carbocycles. The van der Waals surface area contributed by atoms with Crippen LogP contribution in [-0.2, 0) is 4.79 Å². The number of likely N-dealkylation sites (N-methyl/N-ethyl adjacent to an activating group) is 1. The standard InChI is InChI=1S/C17H19N5O2/c1-21(2)9-10-24-17-16(14-5-3-4-8-22(14)20-17)19-13-7-6-12(18)11-15(13)23/h3-8,11H,9-10,18H2,1-2H3.